The molecule has 1 aliphatic heterocycles. The molecule has 1 N–H and O–H groups in total. The predicted octanol–water partition coefficient (Wildman–Crippen LogP) is 3.32. The fraction of sp³-hybridized carbons (Fsp3) is 0.421. The number of thiazole rings is 1. The van der Waals surface area contributed by atoms with Gasteiger partial charge in [-0.25, -0.2) is 4.98 Å². The highest BCUT2D eigenvalue weighted by Gasteiger charge is 2.18. The minimum atomic E-state index is -0.156. The van der Waals surface area contributed by atoms with Gasteiger partial charge < -0.3 is 19.5 Å². The van der Waals surface area contributed by atoms with Crippen LogP contribution in [0.5, 0.6) is 0 Å². The Hall–Kier alpha value is -2.45. The van der Waals surface area contributed by atoms with Gasteiger partial charge in [0.05, 0.1) is 18.2 Å². The van der Waals surface area contributed by atoms with Gasteiger partial charge in [0, 0.05) is 38.5 Å². The largest absolute Gasteiger partial charge is 0.383 e. The van der Waals surface area contributed by atoms with Gasteiger partial charge in [-0.2, -0.15) is 0 Å². The van der Waals surface area contributed by atoms with E-state index in [2.05, 4.69) is 26.4 Å². The zero-order chi connectivity index (χ0) is 18.6. The van der Waals surface area contributed by atoms with Crippen LogP contribution >= 0.6 is 11.3 Å². The van der Waals surface area contributed by atoms with Crippen molar-refractivity contribution >= 4 is 33.9 Å². The summed E-state index contributed by atoms with van der Waals surface area (Å²) < 4.78 is 10.5. The summed E-state index contributed by atoms with van der Waals surface area (Å²) in [5.74, 6) is -0.156. The molecule has 1 amide bonds. The molecule has 0 bridgehead atoms. The number of aromatic nitrogens is 2. The molecule has 1 aliphatic rings. The fourth-order valence-corrected chi connectivity index (χ4v) is 4.10. The maximum absolute atomic E-state index is 12.1. The van der Waals surface area contributed by atoms with E-state index < -0.39 is 0 Å². The highest BCUT2D eigenvalue weighted by Crippen LogP contribution is 2.33. The number of piperidine rings is 1. The standard InChI is InChI=1S/C19H22N4O3S/c1-25-10-7-20-18(24)16-12-21-19(27-16)17-14-6-5-13(11-15(14)26-22-17)23-8-3-2-4-9-23/h5-6,11-12H,2-4,7-10H2,1H3,(H,20,24). The quantitative estimate of drug-likeness (QED) is 0.655. The van der Waals surface area contributed by atoms with Crippen LogP contribution in [0.25, 0.3) is 21.7 Å². The monoisotopic (exact) mass is 386 g/mol. The average Bonchev–Trinajstić information content (AvgIpc) is 3.35. The van der Waals surface area contributed by atoms with Gasteiger partial charge in [0.15, 0.2) is 5.58 Å². The Balaban J connectivity index is 1.55. The van der Waals surface area contributed by atoms with Crippen LogP contribution in [0.3, 0.4) is 0 Å². The van der Waals surface area contributed by atoms with E-state index in [0.29, 0.717) is 28.7 Å². The number of carbonyl (C=O) groups is 1. The molecule has 1 saturated heterocycles. The highest BCUT2D eigenvalue weighted by molar-refractivity contribution is 7.17. The average molecular weight is 386 g/mol. The van der Waals surface area contributed by atoms with Crippen molar-refractivity contribution in [2.45, 2.75) is 19.3 Å². The third kappa shape index (κ3) is 3.81. The first-order valence-corrected chi connectivity index (χ1v) is 9.95. The summed E-state index contributed by atoms with van der Waals surface area (Å²) in [7, 11) is 1.60. The molecule has 3 heterocycles. The van der Waals surface area contributed by atoms with Gasteiger partial charge >= 0.3 is 0 Å². The Bertz CT molecular complexity index is 930. The number of anilines is 1. The normalized spacial score (nSPS) is 14.6. The number of amides is 1. The molecule has 2 aromatic heterocycles. The minimum absolute atomic E-state index is 0.156. The second-order valence-corrected chi connectivity index (χ2v) is 7.57. The van der Waals surface area contributed by atoms with Crippen molar-refractivity contribution in [3.8, 4) is 10.7 Å². The maximum Gasteiger partial charge on any atom is 0.263 e. The van der Waals surface area contributed by atoms with Crippen LogP contribution in [0.4, 0.5) is 5.69 Å². The molecule has 0 atom stereocenters. The number of ether oxygens (including phenoxy) is 1. The topological polar surface area (TPSA) is 80.5 Å². The third-order valence-corrected chi connectivity index (χ3v) is 5.70. The second-order valence-electron chi connectivity index (χ2n) is 6.54. The molecule has 3 aromatic rings. The van der Waals surface area contributed by atoms with E-state index in [1.807, 2.05) is 12.1 Å². The zero-order valence-electron chi connectivity index (χ0n) is 15.2. The summed E-state index contributed by atoms with van der Waals surface area (Å²) in [5.41, 5.74) is 2.59. The lowest BCUT2D eigenvalue weighted by Gasteiger charge is -2.28. The number of carbonyl (C=O) groups excluding carboxylic acids is 1. The molecule has 4 rings (SSSR count). The summed E-state index contributed by atoms with van der Waals surface area (Å²) >= 11 is 1.31. The molecule has 1 fully saturated rings. The van der Waals surface area contributed by atoms with E-state index in [1.165, 1.54) is 36.3 Å². The first kappa shape index (κ1) is 17.9. The smallest absolute Gasteiger partial charge is 0.263 e. The maximum atomic E-state index is 12.1. The summed E-state index contributed by atoms with van der Waals surface area (Å²) in [4.78, 5) is 19.4. The highest BCUT2D eigenvalue weighted by atomic mass is 32.1. The number of nitrogens with one attached hydrogen (secondary N) is 1. The summed E-state index contributed by atoms with van der Waals surface area (Å²) in [6.07, 6.45) is 5.34. The molecular formula is C19H22N4O3S. The molecule has 8 heteroatoms. The Labute approximate surface area is 161 Å². The van der Waals surface area contributed by atoms with E-state index in [9.17, 15) is 4.79 Å². The number of fused-ring (bicyclic) bond motifs is 1. The number of hydrogen-bond acceptors (Lipinski definition) is 7. The van der Waals surface area contributed by atoms with Gasteiger partial charge in [-0.05, 0) is 31.4 Å². The van der Waals surface area contributed by atoms with Crippen LogP contribution in [0, 0.1) is 0 Å². The van der Waals surface area contributed by atoms with Gasteiger partial charge in [-0.15, -0.1) is 11.3 Å². The van der Waals surface area contributed by atoms with Crippen molar-refractivity contribution < 1.29 is 14.1 Å². The van der Waals surface area contributed by atoms with Gasteiger partial charge in [0.2, 0.25) is 0 Å². The van der Waals surface area contributed by atoms with Crippen molar-refractivity contribution in [3.05, 3.63) is 29.3 Å². The first-order valence-electron chi connectivity index (χ1n) is 9.14. The molecule has 142 valence electrons. The Morgan fingerprint density at radius 2 is 2.19 bits per heavy atom. The first-order chi connectivity index (χ1) is 13.3. The van der Waals surface area contributed by atoms with Crippen LogP contribution in [-0.4, -0.2) is 49.4 Å². The van der Waals surface area contributed by atoms with Gasteiger partial charge in [0.1, 0.15) is 15.6 Å². The van der Waals surface area contributed by atoms with E-state index in [-0.39, 0.29) is 5.91 Å². The number of hydrogen-bond donors (Lipinski definition) is 1. The predicted molar refractivity (Wildman–Crippen MR) is 105 cm³/mol. The number of methoxy groups -OCH3 is 1. The van der Waals surface area contributed by atoms with Crippen molar-refractivity contribution in [2.24, 2.45) is 0 Å². The van der Waals surface area contributed by atoms with Crippen molar-refractivity contribution in [2.75, 3.05) is 38.3 Å². The van der Waals surface area contributed by atoms with Gasteiger partial charge in [0.25, 0.3) is 5.91 Å². The molecule has 0 aliphatic carbocycles. The lowest BCUT2D eigenvalue weighted by atomic mass is 10.1. The van der Waals surface area contributed by atoms with Crippen LogP contribution in [0.15, 0.2) is 28.9 Å². The van der Waals surface area contributed by atoms with E-state index >= 15 is 0 Å². The molecule has 0 spiro atoms. The Morgan fingerprint density at radius 3 is 3.00 bits per heavy atom. The van der Waals surface area contributed by atoms with E-state index in [0.717, 1.165) is 24.1 Å². The second kappa shape index (κ2) is 8.06. The van der Waals surface area contributed by atoms with E-state index in [1.54, 1.807) is 13.3 Å². The number of benzene rings is 1. The molecular weight excluding hydrogens is 364 g/mol. The van der Waals surface area contributed by atoms with Gasteiger partial charge in [-0.3, -0.25) is 4.79 Å². The Kier molecular flexibility index (Phi) is 5.35. The third-order valence-electron chi connectivity index (χ3n) is 4.70. The molecule has 1 aromatic carbocycles. The van der Waals surface area contributed by atoms with Crippen molar-refractivity contribution in [3.63, 3.8) is 0 Å². The van der Waals surface area contributed by atoms with Crippen LogP contribution in [0.2, 0.25) is 0 Å². The summed E-state index contributed by atoms with van der Waals surface area (Å²) in [6.45, 7) is 3.11. The SMILES string of the molecule is COCCNC(=O)c1cnc(-c2noc3cc(N4CCCCC4)ccc23)s1. The zero-order valence-corrected chi connectivity index (χ0v) is 16.1. The lowest BCUT2D eigenvalue weighted by molar-refractivity contribution is 0.0941. The number of rotatable bonds is 6. The molecule has 0 saturated carbocycles. The number of nitrogens with zero attached hydrogens (tertiary/aromatic N) is 3. The summed E-state index contributed by atoms with van der Waals surface area (Å²) in [5, 5.41) is 8.59. The molecule has 0 unspecified atom stereocenters. The van der Waals surface area contributed by atoms with Gasteiger partial charge in [-0.1, -0.05) is 5.16 Å². The molecule has 7 nitrogen and oxygen atoms in total. The minimum Gasteiger partial charge on any atom is -0.383 e. The summed E-state index contributed by atoms with van der Waals surface area (Å²) in [6, 6.07) is 6.19. The van der Waals surface area contributed by atoms with Crippen LogP contribution in [-0.2, 0) is 4.74 Å². The Morgan fingerprint density at radius 1 is 1.33 bits per heavy atom. The lowest BCUT2D eigenvalue weighted by Crippen LogP contribution is -2.29. The van der Waals surface area contributed by atoms with Crippen molar-refractivity contribution in [1.29, 1.82) is 0 Å². The van der Waals surface area contributed by atoms with Crippen LogP contribution in [0.1, 0.15) is 28.9 Å². The van der Waals surface area contributed by atoms with Crippen LogP contribution < -0.4 is 10.2 Å². The molecule has 0 radical (unpaired) electrons. The molecule has 27 heavy (non-hydrogen) atoms. The fourth-order valence-electron chi connectivity index (χ4n) is 3.27. The van der Waals surface area contributed by atoms with E-state index in [4.69, 9.17) is 9.26 Å². The van der Waals surface area contributed by atoms with Crippen molar-refractivity contribution in [1.82, 2.24) is 15.5 Å².